The van der Waals surface area contributed by atoms with Gasteiger partial charge in [-0.05, 0) is 0 Å². The second-order valence-electron chi connectivity index (χ2n) is 29.5. The van der Waals surface area contributed by atoms with E-state index in [1.807, 2.05) is 0 Å². The standard InChI is InChI=1S/4C21H17.C3H6.2CH5Si.4ClH.2Zr/c4*1-2-15-13-17-9-6-12-20(21(17)14-15)19-11-5-8-16-7-3-4-10-18(16)19;1-3-2;2*1-2;;;;;;/h4*3-14H,2H2,1H3;1-3H2;2*2H2,1H3;4*1H;;/q;;;;;;;;;;;2*+2/p-4. The molecular formula is C89H84Cl4Si2Zr2. The van der Waals surface area contributed by atoms with Crippen LogP contribution in [0.5, 0.6) is 0 Å². The maximum absolute atomic E-state index is 10.2. The van der Waals surface area contributed by atoms with Gasteiger partial charge >= 0.3 is 592 Å². The fourth-order valence-electron chi connectivity index (χ4n) is 20.7. The number of allylic oxidation sites excluding steroid dienone is 4. The predicted octanol–water partition coefficient (Wildman–Crippen LogP) is 27.0. The number of fused-ring (bicyclic) bond motifs is 8. The molecule has 97 heavy (non-hydrogen) atoms. The van der Waals surface area contributed by atoms with Crippen molar-refractivity contribution >= 4 is 115 Å². The van der Waals surface area contributed by atoms with Gasteiger partial charge in [0.15, 0.2) is 0 Å². The molecule has 0 bridgehead atoms. The summed E-state index contributed by atoms with van der Waals surface area (Å²) in [7, 11) is 41.0. The molecule has 8 heteroatoms. The van der Waals surface area contributed by atoms with Gasteiger partial charge in [-0.15, -0.1) is 0 Å². The van der Waals surface area contributed by atoms with E-state index < -0.39 is 41.4 Å². The topological polar surface area (TPSA) is 0 Å². The van der Waals surface area contributed by atoms with Gasteiger partial charge in [-0.3, -0.25) is 0 Å². The quantitative estimate of drug-likeness (QED) is 0.0751. The summed E-state index contributed by atoms with van der Waals surface area (Å²) in [6.45, 7) is 11.7. The Kier molecular flexibility index (Phi) is 16.1. The third kappa shape index (κ3) is 9.70. The number of hydrogen-bond donors (Lipinski definition) is 0. The first-order valence-corrected chi connectivity index (χ1v) is 72.3. The molecule has 16 rings (SSSR count). The molecular weight excluding hydrogens is 1450 g/mol. The Hall–Kier alpha value is -6.00. The second-order valence-corrected chi connectivity index (χ2v) is 136. The van der Waals surface area contributed by atoms with Crippen molar-refractivity contribution in [3.05, 3.63) is 309 Å². The Bertz CT molecular complexity index is 4780. The van der Waals surface area contributed by atoms with E-state index in [2.05, 4.69) is 308 Å². The van der Waals surface area contributed by atoms with E-state index in [4.69, 9.17) is 0 Å². The predicted molar refractivity (Wildman–Crippen MR) is 428 cm³/mol. The molecule has 0 fully saturated rings. The van der Waals surface area contributed by atoms with E-state index >= 15 is 0 Å². The van der Waals surface area contributed by atoms with Crippen LogP contribution in [0.25, 0.3) is 112 Å². The molecule has 4 unspecified atom stereocenters. The van der Waals surface area contributed by atoms with Crippen LogP contribution in [0.3, 0.4) is 0 Å². The van der Waals surface area contributed by atoms with Crippen LogP contribution < -0.4 is 0 Å². The molecule has 0 N–H and O–H groups in total. The van der Waals surface area contributed by atoms with Gasteiger partial charge in [0.1, 0.15) is 0 Å². The molecule has 0 radical (unpaired) electrons. The molecule has 0 saturated carbocycles. The van der Waals surface area contributed by atoms with E-state index in [-0.39, 0.29) is 14.5 Å². The summed E-state index contributed by atoms with van der Waals surface area (Å²) in [6, 6.07) is 91.0. The van der Waals surface area contributed by atoms with Crippen LogP contribution in [0.15, 0.2) is 265 Å². The summed E-state index contributed by atoms with van der Waals surface area (Å²) < 4.78 is 0.682. The summed E-state index contributed by atoms with van der Waals surface area (Å²) >= 11 is -12.9. The molecule has 0 amide bonds. The normalized spacial score (nSPS) is 19.0. The zero-order valence-electron chi connectivity index (χ0n) is 56.6. The molecule has 0 aliphatic heterocycles. The number of rotatable bonds is 18. The minimum atomic E-state index is -6.44. The summed E-state index contributed by atoms with van der Waals surface area (Å²) in [5.74, 6) is 0. The molecule has 4 aliphatic carbocycles. The Labute approximate surface area is 586 Å². The third-order valence-electron chi connectivity index (χ3n) is 25.2. The van der Waals surface area contributed by atoms with Crippen molar-refractivity contribution in [2.45, 2.75) is 95.7 Å². The van der Waals surface area contributed by atoms with Gasteiger partial charge in [-0.2, -0.15) is 0 Å². The number of hydrogen-bond acceptors (Lipinski definition) is 0. The van der Waals surface area contributed by atoms with Gasteiger partial charge in [0, 0.05) is 0 Å². The van der Waals surface area contributed by atoms with Gasteiger partial charge < -0.3 is 0 Å². The summed E-state index contributed by atoms with van der Waals surface area (Å²) in [4.78, 5) is 0. The van der Waals surface area contributed by atoms with E-state index in [1.54, 1.807) is 0 Å². The Morgan fingerprint density at radius 1 is 0.268 bits per heavy atom. The van der Waals surface area contributed by atoms with E-state index in [0.29, 0.717) is 8.26 Å². The summed E-state index contributed by atoms with van der Waals surface area (Å²) in [5, 5.41) is 9.93. The molecule has 484 valence electrons. The zero-order valence-corrected chi connectivity index (χ0v) is 67.4. The average molecular weight is 1530 g/mol. The molecule has 0 saturated heterocycles. The van der Waals surface area contributed by atoms with Crippen LogP contribution in [0.4, 0.5) is 0 Å². The van der Waals surface area contributed by atoms with Crippen molar-refractivity contribution in [3.8, 4) is 44.5 Å². The minimum absolute atomic E-state index is 0.175. The van der Waals surface area contributed by atoms with Crippen LogP contribution in [-0.4, -0.2) is 13.3 Å². The maximum atomic E-state index is 10.2. The molecule has 12 aromatic rings. The van der Waals surface area contributed by atoms with Gasteiger partial charge in [-0.1, -0.05) is 0 Å². The first-order chi connectivity index (χ1) is 47.0. The van der Waals surface area contributed by atoms with Crippen LogP contribution in [0, 0.1) is 0 Å². The average Bonchev–Trinajstić information content (AvgIpc) is 1.60. The van der Waals surface area contributed by atoms with E-state index in [9.17, 15) is 34.1 Å². The van der Waals surface area contributed by atoms with Crippen molar-refractivity contribution in [2.75, 3.05) is 0 Å². The van der Waals surface area contributed by atoms with Crippen molar-refractivity contribution in [1.29, 1.82) is 0 Å². The molecule has 0 aromatic heterocycles. The Balaban J connectivity index is 0.950. The number of benzene rings is 12. The van der Waals surface area contributed by atoms with Crippen molar-refractivity contribution in [3.63, 3.8) is 0 Å². The monoisotopic (exact) mass is 1530 g/mol. The Morgan fingerprint density at radius 2 is 0.474 bits per heavy atom. The first-order valence-electron chi connectivity index (χ1n) is 35.9. The molecule has 4 aliphatic rings. The Morgan fingerprint density at radius 3 is 0.701 bits per heavy atom. The molecule has 12 aromatic carbocycles. The fourth-order valence-corrected chi connectivity index (χ4v) is 106. The molecule has 4 atom stereocenters. The van der Waals surface area contributed by atoms with Crippen molar-refractivity contribution in [2.24, 2.45) is 0 Å². The fraction of sp³-hybridized carbons (Fsp3) is 0.191. The SMILES string of the molecule is CCC1=Cc2c(-c3cccc4ccccc34)cccc2[CH]1[Zr]([Cl])([Cl])([CH2]C[CH2][Zr]([Cl])([Cl])([SiH2]C)([CH]1C(CC)=Cc2c(-c3cccc4ccccc34)cccc21)[CH]1C(CC)=Cc2c(-c3cccc4ccccc34)cccc21)([SiH2]C)[CH]1C(CC)=Cc2c(-c3cccc4ccccc34)cccc21. The third-order valence-corrected chi connectivity index (χ3v) is 134. The van der Waals surface area contributed by atoms with Gasteiger partial charge in [0.05, 0.1) is 0 Å². The van der Waals surface area contributed by atoms with Crippen LogP contribution in [0.1, 0.15) is 119 Å². The zero-order chi connectivity index (χ0) is 66.8. The second kappa shape index (κ2) is 23.8. The van der Waals surface area contributed by atoms with Crippen molar-refractivity contribution < 1.29 is 28.1 Å². The molecule has 0 heterocycles. The molecule has 0 spiro atoms. The van der Waals surface area contributed by atoms with E-state index in [1.165, 1.54) is 154 Å². The van der Waals surface area contributed by atoms with Crippen LogP contribution >= 0.6 is 34.1 Å². The molecule has 0 nitrogen and oxygen atoms in total. The van der Waals surface area contributed by atoms with Gasteiger partial charge in [0.2, 0.25) is 0 Å². The number of halogens is 4. The van der Waals surface area contributed by atoms with Gasteiger partial charge in [0.25, 0.3) is 0 Å². The summed E-state index contributed by atoms with van der Waals surface area (Å²) in [6.07, 6.45) is 14.3. The van der Waals surface area contributed by atoms with E-state index in [0.717, 1.165) is 32.1 Å². The van der Waals surface area contributed by atoms with Crippen molar-refractivity contribution in [1.82, 2.24) is 0 Å². The van der Waals surface area contributed by atoms with Crippen LogP contribution in [-0.2, 0) is 28.1 Å². The summed E-state index contributed by atoms with van der Waals surface area (Å²) in [5.41, 5.74) is 25.7. The van der Waals surface area contributed by atoms with Crippen LogP contribution in [0.2, 0.25) is 21.4 Å². The first kappa shape index (κ1) is 65.6. The van der Waals surface area contributed by atoms with Gasteiger partial charge in [-0.25, -0.2) is 0 Å².